The molecule has 2 heterocycles. The lowest BCUT2D eigenvalue weighted by Gasteiger charge is -2.29. The van der Waals surface area contributed by atoms with E-state index in [0.717, 1.165) is 30.2 Å². The number of nitrogens with zero attached hydrogens (tertiary/aromatic N) is 3. The third-order valence-corrected chi connectivity index (χ3v) is 4.21. The van der Waals surface area contributed by atoms with Gasteiger partial charge in [0.2, 0.25) is 0 Å². The summed E-state index contributed by atoms with van der Waals surface area (Å²) >= 11 is 6.06. The second-order valence-electron chi connectivity index (χ2n) is 5.59. The second-order valence-corrected chi connectivity index (χ2v) is 6.03. The molecule has 0 spiro atoms. The zero-order valence-electron chi connectivity index (χ0n) is 12.6. The van der Waals surface area contributed by atoms with Gasteiger partial charge in [0.05, 0.1) is 0 Å². The molecule has 0 atom stereocenters. The van der Waals surface area contributed by atoms with Crippen LogP contribution in [0.3, 0.4) is 0 Å². The van der Waals surface area contributed by atoms with Crippen LogP contribution in [0.2, 0.25) is 5.02 Å². The number of nitrogens with one attached hydrogen (secondary N) is 1. The lowest BCUT2D eigenvalue weighted by molar-refractivity contribution is 0.574. The standard InChI is InChI=1S/C16H20ClN5/c1-11-5-6-12(17)9-13(11)21-15-14(18)16(20-10-19-15)22-7-3-2-4-8-22/h5-6,9-10H,2-4,7-8,18H2,1H3,(H,19,20,21). The van der Waals surface area contributed by atoms with E-state index >= 15 is 0 Å². The fourth-order valence-corrected chi connectivity index (χ4v) is 2.87. The highest BCUT2D eigenvalue weighted by molar-refractivity contribution is 6.30. The summed E-state index contributed by atoms with van der Waals surface area (Å²) in [4.78, 5) is 10.9. The van der Waals surface area contributed by atoms with Gasteiger partial charge in [-0.2, -0.15) is 0 Å². The molecule has 1 fully saturated rings. The molecule has 1 aliphatic heterocycles. The van der Waals surface area contributed by atoms with E-state index in [2.05, 4.69) is 20.2 Å². The van der Waals surface area contributed by atoms with E-state index in [0.29, 0.717) is 16.5 Å². The van der Waals surface area contributed by atoms with E-state index in [1.165, 1.54) is 19.3 Å². The number of hydrogen-bond donors (Lipinski definition) is 2. The quantitative estimate of drug-likeness (QED) is 0.902. The number of rotatable bonds is 3. The highest BCUT2D eigenvalue weighted by Gasteiger charge is 2.17. The molecule has 0 aliphatic carbocycles. The number of piperidine rings is 1. The molecule has 1 saturated heterocycles. The van der Waals surface area contributed by atoms with Gasteiger partial charge in [-0.05, 0) is 43.9 Å². The zero-order valence-corrected chi connectivity index (χ0v) is 13.4. The Morgan fingerprint density at radius 3 is 2.73 bits per heavy atom. The number of nitrogens with two attached hydrogens (primary N) is 1. The van der Waals surface area contributed by atoms with Gasteiger partial charge in [0.1, 0.15) is 12.0 Å². The third-order valence-electron chi connectivity index (χ3n) is 3.97. The molecule has 0 unspecified atom stereocenters. The SMILES string of the molecule is Cc1ccc(Cl)cc1Nc1ncnc(N2CCCCC2)c1N. The van der Waals surface area contributed by atoms with Gasteiger partial charge in [0.25, 0.3) is 0 Å². The molecule has 22 heavy (non-hydrogen) atoms. The average Bonchev–Trinajstić information content (AvgIpc) is 2.54. The molecule has 3 rings (SSSR count). The van der Waals surface area contributed by atoms with Crippen molar-refractivity contribution in [1.82, 2.24) is 9.97 Å². The Balaban J connectivity index is 1.89. The molecule has 0 radical (unpaired) electrons. The second kappa shape index (κ2) is 6.40. The van der Waals surface area contributed by atoms with Crippen molar-refractivity contribution in [3.05, 3.63) is 35.1 Å². The predicted molar refractivity (Wildman–Crippen MR) is 92.0 cm³/mol. The average molecular weight is 318 g/mol. The third kappa shape index (κ3) is 3.09. The van der Waals surface area contributed by atoms with Gasteiger partial charge in [0, 0.05) is 23.8 Å². The molecule has 1 aromatic heterocycles. The zero-order chi connectivity index (χ0) is 15.5. The van der Waals surface area contributed by atoms with Crippen molar-refractivity contribution < 1.29 is 0 Å². The van der Waals surface area contributed by atoms with Crippen LogP contribution in [-0.2, 0) is 0 Å². The Morgan fingerprint density at radius 1 is 1.18 bits per heavy atom. The van der Waals surface area contributed by atoms with Crippen LogP contribution in [-0.4, -0.2) is 23.1 Å². The van der Waals surface area contributed by atoms with Gasteiger partial charge in [0.15, 0.2) is 11.6 Å². The van der Waals surface area contributed by atoms with Gasteiger partial charge in [-0.1, -0.05) is 17.7 Å². The summed E-state index contributed by atoms with van der Waals surface area (Å²) in [6, 6.07) is 5.71. The van der Waals surface area contributed by atoms with Crippen molar-refractivity contribution in [1.29, 1.82) is 0 Å². The van der Waals surface area contributed by atoms with Crippen molar-refractivity contribution in [3.8, 4) is 0 Å². The molecule has 1 aliphatic rings. The van der Waals surface area contributed by atoms with Crippen LogP contribution in [0.4, 0.5) is 23.0 Å². The van der Waals surface area contributed by atoms with Gasteiger partial charge in [-0.3, -0.25) is 0 Å². The molecule has 0 saturated carbocycles. The highest BCUT2D eigenvalue weighted by atomic mass is 35.5. The summed E-state index contributed by atoms with van der Waals surface area (Å²) in [7, 11) is 0. The molecule has 1 aromatic carbocycles. The number of anilines is 4. The van der Waals surface area contributed by atoms with Gasteiger partial charge < -0.3 is 16.0 Å². The maximum Gasteiger partial charge on any atom is 0.159 e. The van der Waals surface area contributed by atoms with Crippen molar-refractivity contribution >= 4 is 34.6 Å². The molecule has 5 nitrogen and oxygen atoms in total. The van der Waals surface area contributed by atoms with E-state index in [1.54, 1.807) is 6.33 Å². The number of aryl methyl sites for hydroxylation is 1. The molecule has 116 valence electrons. The van der Waals surface area contributed by atoms with Gasteiger partial charge in [-0.15, -0.1) is 0 Å². The van der Waals surface area contributed by atoms with Crippen LogP contribution in [0, 0.1) is 6.92 Å². The Kier molecular flexibility index (Phi) is 4.34. The largest absolute Gasteiger partial charge is 0.393 e. The van der Waals surface area contributed by atoms with E-state index in [1.807, 2.05) is 25.1 Å². The van der Waals surface area contributed by atoms with Crippen molar-refractivity contribution in [2.24, 2.45) is 0 Å². The first kappa shape index (κ1) is 14.9. The summed E-state index contributed by atoms with van der Waals surface area (Å²) in [5.41, 5.74) is 8.87. The van der Waals surface area contributed by atoms with Crippen molar-refractivity contribution in [2.75, 3.05) is 29.0 Å². The number of hydrogen-bond acceptors (Lipinski definition) is 5. The molecule has 0 bridgehead atoms. The van der Waals surface area contributed by atoms with Crippen LogP contribution in [0.15, 0.2) is 24.5 Å². The maximum absolute atomic E-state index is 6.29. The van der Waals surface area contributed by atoms with Gasteiger partial charge in [-0.25, -0.2) is 9.97 Å². The Morgan fingerprint density at radius 2 is 1.95 bits per heavy atom. The van der Waals surface area contributed by atoms with Crippen LogP contribution in [0.1, 0.15) is 24.8 Å². The van der Waals surface area contributed by atoms with E-state index < -0.39 is 0 Å². The molecule has 3 N–H and O–H groups in total. The minimum absolute atomic E-state index is 0.587. The first-order valence-electron chi connectivity index (χ1n) is 7.54. The molecular formula is C16H20ClN5. The van der Waals surface area contributed by atoms with Crippen LogP contribution in [0.5, 0.6) is 0 Å². The monoisotopic (exact) mass is 317 g/mol. The highest BCUT2D eigenvalue weighted by Crippen LogP contribution is 2.31. The summed E-state index contributed by atoms with van der Waals surface area (Å²) in [6.07, 6.45) is 5.19. The molecular weight excluding hydrogens is 298 g/mol. The van der Waals surface area contributed by atoms with Crippen molar-refractivity contribution in [2.45, 2.75) is 26.2 Å². The summed E-state index contributed by atoms with van der Waals surface area (Å²) in [5.74, 6) is 1.44. The Labute approximate surface area is 135 Å². The smallest absolute Gasteiger partial charge is 0.159 e. The van der Waals surface area contributed by atoms with Crippen LogP contribution in [0.25, 0.3) is 0 Å². The first-order chi connectivity index (χ1) is 10.6. The number of nitrogen functional groups attached to an aromatic ring is 1. The van der Waals surface area contributed by atoms with E-state index in [4.69, 9.17) is 17.3 Å². The minimum atomic E-state index is 0.587. The molecule has 6 heteroatoms. The Bertz CT molecular complexity index is 668. The molecule has 0 amide bonds. The van der Waals surface area contributed by atoms with Gasteiger partial charge >= 0.3 is 0 Å². The topological polar surface area (TPSA) is 67.1 Å². The lowest BCUT2D eigenvalue weighted by Crippen LogP contribution is -2.31. The fraction of sp³-hybridized carbons (Fsp3) is 0.375. The normalized spacial score (nSPS) is 14.9. The molecule has 2 aromatic rings. The van der Waals surface area contributed by atoms with E-state index in [9.17, 15) is 0 Å². The minimum Gasteiger partial charge on any atom is -0.393 e. The number of halogens is 1. The van der Waals surface area contributed by atoms with Crippen LogP contribution < -0.4 is 16.0 Å². The fourth-order valence-electron chi connectivity index (χ4n) is 2.70. The predicted octanol–water partition coefficient (Wildman–Crippen LogP) is 3.75. The summed E-state index contributed by atoms with van der Waals surface area (Å²) in [5, 5.41) is 3.95. The summed E-state index contributed by atoms with van der Waals surface area (Å²) < 4.78 is 0. The lowest BCUT2D eigenvalue weighted by atomic mass is 10.1. The first-order valence-corrected chi connectivity index (χ1v) is 7.91. The summed E-state index contributed by atoms with van der Waals surface area (Å²) in [6.45, 7) is 4.01. The van der Waals surface area contributed by atoms with Crippen LogP contribution >= 0.6 is 11.6 Å². The number of benzene rings is 1. The van der Waals surface area contributed by atoms with Crippen molar-refractivity contribution in [3.63, 3.8) is 0 Å². The van der Waals surface area contributed by atoms with E-state index in [-0.39, 0.29) is 0 Å². The maximum atomic E-state index is 6.29. The Hall–Kier alpha value is -2.01. The number of aromatic nitrogens is 2.